The Bertz CT molecular complexity index is 831. The van der Waals surface area contributed by atoms with E-state index < -0.39 is 0 Å². The number of benzene rings is 2. The highest BCUT2D eigenvalue weighted by molar-refractivity contribution is 5.84. The van der Waals surface area contributed by atoms with Crippen LogP contribution in [0, 0.1) is 0 Å². The zero-order chi connectivity index (χ0) is 16.8. The van der Waals surface area contributed by atoms with Crippen molar-refractivity contribution in [3.05, 3.63) is 72.1 Å². The maximum atomic E-state index is 12.0. The van der Waals surface area contributed by atoms with Gasteiger partial charge in [-0.05, 0) is 52.6 Å². The van der Waals surface area contributed by atoms with Crippen LogP contribution < -0.4 is 10.1 Å². The number of hydrogen-bond acceptors (Lipinski definition) is 3. The molecular formula is C20H20N2O2. The first kappa shape index (κ1) is 16.0. The molecule has 0 bridgehead atoms. The van der Waals surface area contributed by atoms with Gasteiger partial charge in [-0.3, -0.25) is 9.78 Å². The summed E-state index contributed by atoms with van der Waals surface area (Å²) in [6, 6.07) is 16.0. The second kappa shape index (κ2) is 7.59. The van der Waals surface area contributed by atoms with Crippen LogP contribution >= 0.6 is 0 Å². The number of carbonyl (C=O) groups is 1. The molecule has 0 aliphatic rings. The second-order valence-electron chi connectivity index (χ2n) is 5.69. The third-order valence-corrected chi connectivity index (χ3v) is 3.97. The molecule has 3 rings (SSSR count). The van der Waals surface area contributed by atoms with Crippen LogP contribution in [0.3, 0.4) is 0 Å². The van der Waals surface area contributed by atoms with Crippen LogP contribution in [0.25, 0.3) is 10.8 Å². The minimum Gasteiger partial charge on any atom is -0.497 e. The van der Waals surface area contributed by atoms with Crippen LogP contribution in [0.1, 0.15) is 17.5 Å². The van der Waals surface area contributed by atoms with E-state index in [2.05, 4.69) is 22.4 Å². The highest BCUT2D eigenvalue weighted by atomic mass is 16.5. The van der Waals surface area contributed by atoms with Gasteiger partial charge in [-0.1, -0.05) is 24.3 Å². The number of carbonyl (C=O) groups excluding carboxylic acids is 1. The van der Waals surface area contributed by atoms with E-state index in [-0.39, 0.29) is 5.91 Å². The summed E-state index contributed by atoms with van der Waals surface area (Å²) in [5.74, 6) is 0.896. The van der Waals surface area contributed by atoms with Crippen molar-refractivity contribution in [1.82, 2.24) is 10.3 Å². The third kappa shape index (κ3) is 4.10. The number of aromatic nitrogens is 1. The summed E-state index contributed by atoms with van der Waals surface area (Å²) in [6.45, 7) is 0.536. The first-order chi connectivity index (χ1) is 11.7. The summed E-state index contributed by atoms with van der Waals surface area (Å²) in [6.07, 6.45) is 4.71. The zero-order valence-electron chi connectivity index (χ0n) is 13.7. The summed E-state index contributed by atoms with van der Waals surface area (Å²) in [4.78, 5) is 16.0. The molecule has 0 aliphatic heterocycles. The van der Waals surface area contributed by atoms with Crippen LogP contribution in [0.15, 0.2) is 60.9 Å². The van der Waals surface area contributed by atoms with E-state index in [0.29, 0.717) is 19.4 Å². The largest absolute Gasteiger partial charge is 0.497 e. The molecule has 24 heavy (non-hydrogen) atoms. The third-order valence-electron chi connectivity index (χ3n) is 3.97. The van der Waals surface area contributed by atoms with Gasteiger partial charge in [-0.15, -0.1) is 0 Å². The zero-order valence-corrected chi connectivity index (χ0v) is 13.7. The number of rotatable bonds is 6. The molecule has 2 aromatic carbocycles. The quantitative estimate of drug-likeness (QED) is 0.756. The Hall–Kier alpha value is -2.88. The minimum atomic E-state index is 0.0497. The maximum absolute atomic E-state index is 12.0. The van der Waals surface area contributed by atoms with Crippen LogP contribution in [-0.2, 0) is 17.8 Å². The van der Waals surface area contributed by atoms with Gasteiger partial charge in [0.05, 0.1) is 7.11 Å². The average molecular weight is 320 g/mol. The molecule has 1 heterocycles. The van der Waals surface area contributed by atoms with E-state index in [4.69, 9.17) is 4.74 Å². The Morgan fingerprint density at radius 3 is 2.71 bits per heavy atom. The average Bonchev–Trinajstić information content (AvgIpc) is 2.65. The standard InChI is InChI=1S/C20H20N2O2/c1-24-19-8-7-17-11-16(4-6-18(17)12-19)14-22-20(23)9-5-15-3-2-10-21-13-15/h2-4,6-8,10-13H,5,9,14H2,1H3,(H,22,23). The number of pyridine rings is 1. The summed E-state index contributed by atoms with van der Waals surface area (Å²) in [5.41, 5.74) is 2.16. The number of ether oxygens (including phenoxy) is 1. The van der Waals surface area contributed by atoms with Gasteiger partial charge in [0.15, 0.2) is 0 Å². The van der Waals surface area contributed by atoms with E-state index in [1.165, 1.54) is 0 Å². The first-order valence-electron chi connectivity index (χ1n) is 7.97. The number of methoxy groups -OCH3 is 1. The molecule has 4 nitrogen and oxygen atoms in total. The van der Waals surface area contributed by atoms with Crippen molar-refractivity contribution in [2.75, 3.05) is 7.11 Å². The lowest BCUT2D eigenvalue weighted by molar-refractivity contribution is -0.121. The van der Waals surface area contributed by atoms with Gasteiger partial charge in [0, 0.05) is 25.4 Å². The number of nitrogens with zero attached hydrogens (tertiary/aromatic N) is 1. The fourth-order valence-electron chi connectivity index (χ4n) is 2.60. The summed E-state index contributed by atoms with van der Waals surface area (Å²) < 4.78 is 5.23. The fourth-order valence-corrected chi connectivity index (χ4v) is 2.60. The van der Waals surface area contributed by atoms with Gasteiger partial charge in [-0.25, -0.2) is 0 Å². The lowest BCUT2D eigenvalue weighted by Crippen LogP contribution is -2.22. The molecule has 4 heteroatoms. The van der Waals surface area contributed by atoms with Crippen molar-refractivity contribution < 1.29 is 9.53 Å². The summed E-state index contributed by atoms with van der Waals surface area (Å²) in [5, 5.41) is 5.24. The van der Waals surface area contributed by atoms with E-state index in [9.17, 15) is 4.79 Å². The SMILES string of the molecule is COc1ccc2cc(CNC(=O)CCc3cccnc3)ccc2c1. The van der Waals surface area contributed by atoms with Crippen LogP contribution in [-0.4, -0.2) is 18.0 Å². The summed E-state index contributed by atoms with van der Waals surface area (Å²) in [7, 11) is 1.66. The topological polar surface area (TPSA) is 51.2 Å². The highest BCUT2D eigenvalue weighted by Crippen LogP contribution is 2.21. The molecule has 1 amide bonds. The smallest absolute Gasteiger partial charge is 0.220 e. The molecule has 0 aliphatic carbocycles. The normalized spacial score (nSPS) is 10.5. The number of fused-ring (bicyclic) bond motifs is 1. The predicted octanol–water partition coefficient (Wildman–Crippen LogP) is 3.49. The Kier molecular flexibility index (Phi) is 5.06. The van der Waals surface area contributed by atoms with Crippen LogP contribution in [0.5, 0.6) is 5.75 Å². The maximum Gasteiger partial charge on any atom is 0.220 e. The van der Waals surface area contributed by atoms with Gasteiger partial charge >= 0.3 is 0 Å². The van der Waals surface area contributed by atoms with Crippen molar-refractivity contribution >= 4 is 16.7 Å². The van der Waals surface area contributed by atoms with Crippen LogP contribution in [0.2, 0.25) is 0 Å². The molecule has 3 aromatic rings. The molecule has 0 spiro atoms. The van der Waals surface area contributed by atoms with Gasteiger partial charge in [0.1, 0.15) is 5.75 Å². The highest BCUT2D eigenvalue weighted by Gasteiger charge is 2.04. The van der Waals surface area contributed by atoms with E-state index >= 15 is 0 Å². The number of nitrogens with one attached hydrogen (secondary N) is 1. The Morgan fingerprint density at radius 1 is 1.08 bits per heavy atom. The van der Waals surface area contributed by atoms with Crippen molar-refractivity contribution in [2.24, 2.45) is 0 Å². The monoisotopic (exact) mass is 320 g/mol. The fraction of sp³-hybridized carbons (Fsp3) is 0.200. The lowest BCUT2D eigenvalue weighted by Gasteiger charge is -2.08. The molecule has 0 unspecified atom stereocenters. The molecule has 0 saturated heterocycles. The Balaban J connectivity index is 1.56. The van der Waals surface area contributed by atoms with E-state index in [1.807, 2.05) is 36.4 Å². The number of amides is 1. The molecular weight excluding hydrogens is 300 g/mol. The van der Waals surface area contributed by atoms with Crippen molar-refractivity contribution in [2.45, 2.75) is 19.4 Å². The van der Waals surface area contributed by atoms with Gasteiger partial charge in [0.25, 0.3) is 0 Å². The molecule has 0 fully saturated rings. The molecule has 122 valence electrons. The number of hydrogen-bond donors (Lipinski definition) is 1. The Labute approximate surface area is 141 Å². The molecule has 0 atom stereocenters. The Morgan fingerprint density at radius 2 is 1.92 bits per heavy atom. The number of aryl methyl sites for hydroxylation is 1. The molecule has 0 saturated carbocycles. The minimum absolute atomic E-state index is 0.0497. The first-order valence-corrected chi connectivity index (χ1v) is 7.97. The molecule has 0 radical (unpaired) electrons. The van der Waals surface area contributed by atoms with Crippen LogP contribution in [0.4, 0.5) is 0 Å². The summed E-state index contributed by atoms with van der Waals surface area (Å²) >= 11 is 0. The molecule has 1 N–H and O–H groups in total. The van der Waals surface area contributed by atoms with Gasteiger partial charge in [-0.2, -0.15) is 0 Å². The van der Waals surface area contributed by atoms with E-state index in [1.54, 1.807) is 19.5 Å². The predicted molar refractivity (Wildman–Crippen MR) is 94.9 cm³/mol. The van der Waals surface area contributed by atoms with Crippen molar-refractivity contribution in [3.8, 4) is 5.75 Å². The second-order valence-corrected chi connectivity index (χ2v) is 5.69. The van der Waals surface area contributed by atoms with Crippen molar-refractivity contribution in [3.63, 3.8) is 0 Å². The van der Waals surface area contributed by atoms with Crippen molar-refractivity contribution in [1.29, 1.82) is 0 Å². The van der Waals surface area contributed by atoms with Gasteiger partial charge < -0.3 is 10.1 Å². The molecule has 1 aromatic heterocycles. The lowest BCUT2D eigenvalue weighted by atomic mass is 10.1. The van der Waals surface area contributed by atoms with Gasteiger partial charge in [0.2, 0.25) is 5.91 Å². The van der Waals surface area contributed by atoms with E-state index in [0.717, 1.165) is 27.6 Å².